The van der Waals surface area contributed by atoms with E-state index in [-0.39, 0.29) is 19.0 Å². The smallest absolute Gasteiger partial charge is 0.315 e. The summed E-state index contributed by atoms with van der Waals surface area (Å²) in [5, 5.41) is 17.4. The highest BCUT2D eigenvalue weighted by molar-refractivity contribution is 5.75. The minimum Gasteiger partial charge on any atom is -0.481 e. The van der Waals surface area contributed by atoms with Crippen LogP contribution in [-0.4, -0.2) is 28.3 Å². The third kappa shape index (κ3) is 5.01. The van der Waals surface area contributed by atoms with E-state index >= 15 is 0 Å². The van der Waals surface area contributed by atoms with Crippen LogP contribution in [0.3, 0.4) is 0 Å². The highest BCUT2D eigenvalue weighted by Gasteiger charge is 2.13. The van der Waals surface area contributed by atoms with Gasteiger partial charge in [-0.3, -0.25) is 4.79 Å². The standard InChI is InChI=1S/C10H15N3O4/c1-2-7(5-9(14)15)12-10(16)11-6-8-3-4-17-13-8/h3-4,7H,2,5-6H2,1H3,(H,14,15)(H2,11,12,16). The summed E-state index contributed by atoms with van der Waals surface area (Å²) in [7, 11) is 0. The number of carbonyl (C=O) groups is 2. The fourth-order valence-electron chi connectivity index (χ4n) is 1.24. The van der Waals surface area contributed by atoms with Gasteiger partial charge in [-0.15, -0.1) is 0 Å². The molecule has 7 nitrogen and oxygen atoms in total. The zero-order chi connectivity index (χ0) is 12.7. The molecule has 1 atom stereocenters. The van der Waals surface area contributed by atoms with Crippen molar-refractivity contribution < 1.29 is 19.2 Å². The molecular formula is C10H15N3O4. The fraction of sp³-hybridized carbons (Fsp3) is 0.500. The lowest BCUT2D eigenvalue weighted by Gasteiger charge is -2.14. The summed E-state index contributed by atoms with van der Waals surface area (Å²) in [5.74, 6) is -0.936. The summed E-state index contributed by atoms with van der Waals surface area (Å²) in [4.78, 5) is 21.9. The molecule has 1 aromatic heterocycles. The molecule has 0 saturated carbocycles. The van der Waals surface area contributed by atoms with Crippen molar-refractivity contribution in [1.82, 2.24) is 15.8 Å². The van der Waals surface area contributed by atoms with Crippen LogP contribution in [0.5, 0.6) is 0 Å². The van der Waals surface area contributed by atoms with Gasteiger partial charge in [0, 0.05) is 12.1 Å². The average Bonchev–Trinajstić information content (AvgIpc) is 2.77. The van der Waals surface area contributed by atoms with Gasteiger partial charge in [-0.2, -0.15) is 0 Å². The van der Waals surface area contributed by atoms with Crippen LogP contribution in [-0.2, 0) is 11.3 Å². The van der Waals surface area contributed by atoms with E-state index in [1.165, 1.54) is 6.26 Å². The summed E-state index contributed by atoms with van der Waals surface area (Å²) in [6.07, 6.45) is 1.88. The summed E-state index contributed by atoms with van der Waals surface area (Å²) in [5.41, 5.74) is 0.603. The van der Waals surface area contributed by atoms with Crippen molar-refractivity contribution in [2.75, 3.05) is 0 Å². The Balaban J connectivity index is 2.30. The van der Waals surface area contributed by atoms with Crippen LogP contribution in [0, 0.1) is 0 Å². The molecule has 0 saturated heterocycles. The monoisotopic (exact) mass is 241 g/mol. The molecule has 17 heavy (non-hydrogen) atoms. The SMILES string of the molecule is CCC(CC(=O)O)NC(=O)NCc1ccon1. The molecule has 0 fully saturated rings. The summed E-state index contributed by atoms with van der Waals surface area (Å²) < 4.78 is 4.60. The molecule has 1 heterocycles. The number of nitrogens with one attached hydrogen (secondary N) is 2. The van der Waals surface area contributed by atoms with Gasteiger partial charge in [0.15, 0.2) is 0 Å². The third-order valence-electron chi connectivity index (χ3n) is 2.17. The first-order valence-electron chi connectivity index (χ1n) is 5.27. The molecule has 1 unspecified atom stereocenters. The Morgan fingerprint density at radius 3 is 2.88 bits per heavy atom. The topological polar surface area (TPSA) is 104 Å². The van der Waals surface area contributed by atoms with Crippen molar-refractivity contribution in [3.63, 3.8) is 0 Å². The number of hydrogen-bond donors (Lipinski definition) is 3. The van der Waals surface area contributed by atoms with Gasteiger partial charge in [0.2, 0.25) is 0 Å². The number of nitrogens with zero attached hydrogens (tertiary/aromatic N) is 1. The van der Waals surface area contributed by atoms with E-state index in [0.29, 0.717) is 12.1 Å². The predicted octanol–water partition coefficient (Wildman–Crippen LogP) is 0.727. The van der Waals surface area contributed by atoms with Gasteiger partial charge in [-0.25, -0.2) is 4.79 Å². The number of urea groups is 1. The highest BCUT2D eigenvalue weighted by atomic mass is 16.5. The van der Waals surface area contributed by atoms with Gasteiger partial charge in [0.1, 0.15) is 12.0 Å². The second-order valence-corrected chi connectivity index (χ2v) is 3.52. The Morgan fingerprint density at radius 2 is 2.35 bits per heavy atom. The number of carbonyl (C=O) groups excluding carboxylic acids is 1. The normalized spacial score (nSPS) is 11.8. The molecule has 0 aliphatic carbocycles. The fourth-order valence-corrected chi connectivity index (χ4v) is 1.24. The Kier molecular flexibility index (Phi) is 4.99. The number of carboxylic acid groups (broad SMARTS) is 1. The van der Waals surface area contributed by atoms with Gasteiger partial charge < -0.3 is 20.3 Å². The lowest BCUT2D eigenvalue weighted by atomic mass is 10.1. The van der Waals surface area contributed by atoms with Gasteiger partial charge in [0.25, 0.3) is 0 Å². The Labute approximate surface area is 98.2 Å². The Morgan fingerprint density at radius 1 is 1.59 bits per heavy atom. The van der Waals surface area contributed by atoms with E-state index in [0.717, 1.165) is 0 Å². The molecule has 0 aliphatic rings. The van der Waals surface area contributed by atoms with Crippen molar-refractivity contribution in [3.8, 4) is 0 Å². The summed E-state index contributed by atoms with van der Waals surface area (Å²) in [6, 6.07) is 0.848. The highest BCUT2D eigenvalue weighted by Crippen LogP contribution is 1.98. The molecule has 0 spiro atoms. The lowest BCUT2D eigenvalue weighted by molar-refractivity contribution is -0.137. The molecule has 0 aromatic carbocycles. The molecule has 1 aromatic rings. The number of amides is 2. The second kappa shape index (κ2) is 6.51. The van der Waals surface area contributed by atoms with Crippen LogP contribution in [0.4, 0.5) is 4.79 Å². The third-order valence-corrected chi connectivity index (χ3v) is 2.17. The largest absolute Gasteiger partial charge is 0.481 e. The number of hydrogen-bond acceptors (Lipinski definition) is 4. The maximum atomic E-state index is 11.4. The molecule has 0 bridgehead atoms. The first-order valence-corrected chi connectivity index (χ1v) is 5.27. The minimum atomic E-state index is -0.936. The maximum absolute atomic E-state index is 11.4. The lowest BCUT2D eigenvalue weighted by Crippen LogP contribution is -2.42. The van der Waals surface area contributed by atoms with Gasteiger partial charge >= 0.3 is 12.0 Å². The summed E-state index contributed by atoms with van der Waals surface area (Å²) in [6.45, 7) is 2.05. The Hall–Kier alpha value is -2.05. The number of rotatable bonds is 6. The first-order chi connectivity index (χ1) is 8.11. The predicted molar refractivity (Wildman–Crippen MR) is 58.2 cm³/mol. The molecule has 0 aliphatic heterocycles. The molecule has 7 heteroatoms. The van der Waals surface area contributed by atoms with Crippen molar-refractivity contribution in [2.45, 2.75) is 32.4 Å². The summed E-state index contributed by atoms with van der Waals surface area (Å²) >= 11 is 0. The van der Waals surface area contributed by atoms with E-state index < -0.39 is 12.0 Å². The second-order valence-electron chi connectivity index (χ2n) is 3.52. The van der Waals surface area contributed by atoms with Crippen molar-refractivity contribution in [3.05, 3.63) is 18.0 Å². The molecule has 2 amide bonds. The quantitative estimate of drug-likeness (QED) is 0.681. The molecule has 0 radical (unpaired) electrons. The minimum absolute atomic E-state index is 0.0894. The molecular weight excluding hydrogens is 226 g/mol. The van der Waals surface area contributed by atoms with Crippen LogP contribution in [0.25, 0.3) is 0 Å². The zero-order valence-electron chi connectivity index (χ0n) is 9.47. The van der Waals surface area contributed by atoms with Crippen molar-refractivity contribution in [2.24, 2.45) is 0 Å². The van der Waals surface area contributed by atoms with E-state index in [2.05, 4.69) is 20.3 Å². The molecule has 94 valence electrons. The van der Waals surface area contributed by atoms with Crippen LogP contribution < -0.4 is 10.6 Å². The van der Waals surface area contributed by atoms with Crippen molar-refractivity contribution in [1.29, 1.82) is 0 Å². The maximum Gasteiger partial charge on any atom is 0.315 e. The van der Waals surface area contributed by atoms with E-state index in [1.807, 2.05) is 6.92 Å². The number of carboxylic acids is 1. The van der Waals surface area contributed by atoms with Crippen molar-refractivity contribution >= 4 is 12.0 Å². The molecule has 3 N–H and O–H groups in total. The average molecular weight is 241 g/mol. The van der Waals surface area contributed by atoms with Gasteiger partial charge in [0.05, 0.1) is 13.0 Å². The van der Waals surface area contributed by atoms with Crippen LogP contribution in [0.2, 0.25) is 0 Å². The Bertz CT molecular complexity index is 364. The van der Waals surface area contributed by atoms with E-state index in [1.54, 1.807) is 6.07 Å². The van der Waals surface area contributed by atoms with Crippen LogP contribution in [0.15, 0.2) is 16.9 Å². The first kappa shape index (κ1) is 13.0. The zero-order valence-corrected chi connectivity index (χ0v) is 9.47. The number of aromatic nitrogens is 1. The molecule has 1 rings (SSSR count). The van der Waals surface area contributed by atoms with Gasteiger partial charge in [-0.1, -0.05) is 12.1 Å². The van der Waals surface area contributed by atoms with E-state index in [4.69, 9.17) is 5.11 Å². The van der Waals surface area contributed by atoms with Gasteiger partial charge in [-0.05, 0) is 6.42 Å². The van der Waals surface area contributed by atoms with Crippen LogP contribution >= 0.6 is 0 Å². The van der Waals surface area contributed by atoms with Crippen LogP contribution in [0.1, 0.15) is 25.5 Å². The number of aliphatic carboxylic acids is 1. The van der Waals surface area contributed by atoms with E-state index in [9.17, 15) is 9.59 Å².